The monoisotopic (exact) mass is 337 g/mol. The minimum atomic E-state index is -0.515. The van der Waals surface area contributed by atoms with Crippen molar-refractivity contribution in [3.63, 3.8) is 0 Å². The topological polar surface area (TPSA) is 61.8 Å². The van der Waals surface area contributed by atoms with E-state index in [2.05, 4.69) is 10.4 Å². The number of urea groups is 1. The number of amides is 3. The van der Waals surface area contributed by atoms with Gasteiger partial charge in [-0.05, 0) is 10.8 Å². The lowest BCUT2D eigenvalue weighted by Gasteiger charge is -2.11. The van der Waals surface area contributed by atoms with Crippen LogP contribution in [0, 0.1) is 0 Å². The van der Waals surface area contributed by atoms with Crippen LogP contribution in [0.1, 0.15) is 5.56 Å². The molecule has 0 bridgehead atoms. The molecule has 0 saturated carbocycles. The van der Waals surface area contributed by atoms with E-state index in [1.165, 1.54) is 0 Å². The molecule has 3 aromatic carbocycles. The van der Waals surface area contributed by atoms with E-state index < -0.39 is 6.03 Å². The largest absolute Gasteiger partial charge is 0.344 e. The Labute approximate surface area is 142 Å². The Bertz CT molecular complexity index is 972. The number of carbonyl (C=O) groups excluding carboxylic acids is 2. The number of hydrogen-bond donors (Lipinski definition) is 1. The molecule has 1 heterocycles. The van der Waals surface area contributed by atoms with Crippen LogP contribution in [0.5, 0.6) is 0 Å². The van der Waals surface area contributed by atoms with Crippen molar-refractivity contribution in [2.75, 3.05) is 6.54 Å². The van der Waals surface area contributed by atoms with E-state index in [1.807, 2.05) is 48.5 Å². The highest BCUT2D eigenvalue weighted by Crippen LogP contribution is 2.35. The molecule has 0 atom stereocenters. The second kappa shape index (κ2) is 5.62. The highest BCUT2D eigenvalue weighted by molar-refractivity contribution is 6.42. The summed E-state index contributed by atoms with van der Waals surface area (Å²) in [6.07, 6.45) is 1.61. The SMILES string of the molecule is O=C1CN(/N=C\c2c3ccccc3c(Cl)c3ccccc23)C(=O)N1. The smallest absolute Gasteiger partial charge is 0.275 e. The van der Waals surface area contributed by atoms with Crippen molar-refractivity contribution in [1.29, 1.82) is 0 Å². The summed E-state index contributed by atoms with van der Waals surface area (Å²) < 4.78 is 0. The van der Waals surface area contributed by atoms with Gasteiger partial charge in [-0.3, -0.25) is 10.1 Å². The van der Waals surface area contributed by atoms with Crippen LogP contribution in [0.2, 0.25) is 5.02 Å². The second-order valence-electron chi connectivity index (χ2n) is 5.47. The maximum absolute atomic E-state index is 11.6. The van der Waals surface area contributed by atoms with Gasteiger partial charge in [-0.2, -0.15) is 5.10 Å². The third-order valence-electron chi connectivity index (χ3n) is 4.01. The van der Waals surface area contributed by atoms with Crippen molar-refractivity contribution in [3.05, 3.63) is 59.1 Å². The van der Waals surface area contributed by atoms with Crippen molar-refractivity contribution >= 4 is 51.3 Å². The first-order valence-corrected chi connectivity index (χ1v) is 7.77. The van der Waals surface area contributed by atoms with Gasteiger partial charge in [0.05, 0.1) is 11.2 Å². The maximum atomic E-state index is 11.6. The molecule has 0 unspecified atom stereocenters. The van der Waals surface area contributed by atoms with Gasteiger partial charge in [0, 0.05) is 16.3 Å². The molecular weight excluding hydrogens is 326 g/mol. The number of halogens is 1. The first-order valence-electron chi connectivity index (χ1n) is 7.39. The van der Waals surface area contributed by atoms with Gasteiger partial charge in [-0.15, -0.1) is 0 Å². The molecule has 24 heavy (non-hydrogen) atoms. The van der Waals surface area contributed by atoms with Crippen molar-refractivity contribution in [2.24, 2.45) is 5.10 Å². The zero-order valence-electron chi connectivity index (χ0n) is 12.5. The van der Waals surface area contributed by atoms with E-state index in [9.17, 15) is 9.59 Å². The van der Waals surface area contributed by atoms with Gasteiger partial charge in [0.15, 0.2) is 0 Å². The number of benzene rings is 3. The molecule has 1 saturated heterocycles. The van der Waals surface area contributed by atoms with Crippen LogP contribution < -0.4 is 5.32 Å². The van der Waals surface area contributed by atoms with Gasteiger partial charge in [-0.1, -0.05) is 60.1 Å². The predicted octanol–water partition coefficient (Wildman–Crippen LogP) is 3.53. The van der Waals surface area contributed by atoms with E-state index in [0.717, 1.165) is 32.1 Å². The van der Waals surface area contributed by atoms with Crippen LogP contribution in [0.25, 0.3) is 21.5 Å². The Morgan fingerprint density at radius 1 is 0.958 bits per heavy atom. The minimum absolute atomic E-state index is 0.0706. The Kier molecular flexibility index (Phi) is 3.43. The molecule has 6 heteroatoms. The quantitative estimate of drug-likeness (QED) is 0.442. The number of hydrogen-bond acceptors (Lipinski definition) is 3. The summed E-state index contributed by atoms with van der Waals surface area (Å²) in [5.41, 5.74) is 0.859. The number of nitrogens with one attached hydrogen (secondary N) is 1. The molecule has 0 aliphatic carbocycles. The minimum Gasteiger partial charge on any atom is -0.275 e. The molecule has 3 aromatic rings. The third kappa shape index (κ3) is 2.30. The average molecular weight is 338 g/mol. The number of rotatable bonds is 2. The molecule has 1 fully saturated rings. The van der Waals surface area contributed by atoms with Crippen LogP contribution in [0.15, 0.2) is 53.6 Å². The van der Waals surface area contributed by atoms with Gasteiger partial charge in [-0.25, -0.2) is 9.80 Å². The molecule has 118 valence electrons. The first kappa shape index (κ1) is 14.7. The molecule has 0 spiro atoms. The summed E-state index contributed by atoms with van der Waals surface area (Å²) in [6.45, 7) is -0.0706. The van der Waals surface area contributed by atoms with Gasteiger partial charge >= 0.3 is 6.03 Å². The summed E-state index contributed by atoms with van der Waals surface area (Å²) >= 11 is 6.55. The molecule has 1 aliphatic rings. The summed E-state index contributed by atoms with van der Waals surface area (Å²) in [5.74, 6) is -0.358. The number of hydrazone groups is 1. The zero-order chi connectivity index (χ0) is 16.7. The molecule has 0 radical (unpaired) electrons. The summed E-state index contributed by atoms with van der Waals surface area (Å²) in [7, 11) is 0. The van der Waals surface area contributed by atoms with Crippen LogP contribution in [-0.2, 0) is 4.79 Å². The molecule has 3 amide bonds. The lowest BCUT2D eigenvalue weighted by atomic mass is 9.97. The van der Waals surface area contributed by atoms with Gasteiger partial charge in [0.25, 0.3) is 0 Å². The Morgan fingerprint density at radius 2 is 1.50 bits per heavy atom. The number of imide groups is 1. The van der Waals surface area contributed by atoms with Crippen molar-refractivity contribution < 1.29 is 9.59 Å². The fraction of sp³-hybridized carbons (Fsp3) is 0.0556. The molecule has 5 nitrogen and oxygen atoms in total. The Morgan fingerprint density at radius 3 is 2.00 bits per heavy atom. The summed E-state index contributed by atoms with van der Waals surface area (Å²) in [5, 5.41) is 11.9. The van der Waals surface area contributed by atoms with E-state index in [1.54, 1.807) is 6.21 Å². The normalized spacial score (nSPS) is 15.0. The standard InChI is InChI=1S/C18H12ClN3O2/c19-17-13-7-3-1-5-11(13)15(12-6-2-4-8-14(12)17)9-20-22-10-16(23)21-18(22)24/h1-9H,10H2,(H,21,23,24)/b20-9-. The van der Waals surface area contributed by atoms with E-state index in [-0.39, 0.29) is 12.5 Å². The van der Waals surface area contributed by atoms with Gasteiger partial charge < -0.3 is 0 Å². The fourth-order valence-corrected chi connectivity index (χ4v) is 3.23. The Hall–Kier alpha value is -2.92. The number of nitrogens with zero attached hydrogens (tertiary/aromatic N) is 2. The molecular formula is C18H12ClN3O2. The number of carbonyl (C=O) groups is 2. The molecule has 4 rings (SSSR count). The van der Waals surface area contributed by atoms with Crippen molar-refractivity contribution in [1.82, 2.24) is 10.3 Å². The van der Waals surface area contributed by atoms with Crippen molar-refractivity contribution in [2.45, 2.75) is 0 Å². The summed E-state index contributed by atoms with van der Waals surface area (Å²) in [4.78, 5) is 22.9. The number of fused-ring (bicyclic) bond motifs is 2. The van der Waals surface area contributed by atoms with E-state index in [4.69, 9.17) is 11.6 Å². The predicted molar refractivity (Wildman–Crippen MR) is 94.3 cm³/mol. The van der Waals surface area contributed by atoms with Gasteiger partial charge in [0.1, 0.15) is 6.54 Å². The fourth-order valence-electron chi connectivity index (χ4n) is 2.90. The highest BCUT2D eigenvalue weighted by Gasteiger charge is 2.26. The molecule has 1 N–H and O–H groups in total. The molecule has 1 aliphatic heterocycles. The van der Waals surface area contributed by atoms with Gasteiger partial charge in [0.2, 0.25) is 5.91 Å². The first-order chi connectivity index (χ1) is 11.6. The lowest BCUT2D eigenvalue weighted by molar-refractivity contribution is -0.118. The molecule has 0 aromatic heterocycles. The van der Waals surface area contributed by atoms with Crippen LogP contribution in [-0.4, -0.2) is 29.7 Å². The highest BCUT2D eigenvalue weighted by atomic mass is 35.5. The third-order valence-corrected chi connectivity index (χ3v) is 4.41. The van der Waals surface area contributed by atoms with Crippen LogP contribution in [0.4, 0.5) is 4.79 Å². The average Bonchev–Trinajstić information content (AvgIpc) is 2.92. The van der Waals surface area contributed by atoms with E-state index >= 15 is 0 Å². The van der Waals surface area contributed by atoms with Crippen molar-refractivity contribution in [3.8, 4) is 0 Å². The van der Waals surface area contributed by atoms with E-state index in [0.29, 0.717) is 5.02 Å². The maximum Gasteiger partial charge on any atom is 0.344 e. The Balaban J connectivity index is 1.94. The lowest BCUT2D eigenvalue weighted by Crippen LogP contribution is -2.24. The zero-order valence-corrected chi connectivity index (χ0v) is 13.2. The second-order valence-corrected chi connectivity index (χ2v) is 5.85. The summed E-state index contributed by atoms with van der Waals surface area (Å²) in [6, 6.07) is 15.0. The van der Waals surface area contributed by atoms with Crippen LogP contribution in [0.3, 0.4) is 0 Å². The van der Waals surface area contributed by atoms with Crippen LogP contribution >= 0.6 is 11.6 Å².